The van der Waals surface area contributed by atoms with Crippen molar-refractivity contribution in [3.63, 3.8) is 0 Å². The number of carbonyl (C=O) groups excluding carboxylic acids is 1. The van der Waals surface area contributed by atoms with Gasteiger partial charge in [0.15, 0.2) is 0 Å². The molecule has 5 heteroatoms. The summed E-state index contributed by atoms with van der Waals surface area (Å²) in [5.41, 5.74) is 2.48. The van der Waals surface area contributed by atoms with Gasteiger partial charge in [0.2, 0.25) is 0 Å². The van der Waals surface area contributed by atoms with Crippen LogP contribution in [0, 0.1) is 0 Å². The molecule has 4 nitrogen and oxygen atoms in total. The fourth-order valence-electron chi connectivity index (χ4n) is 2.09. The number of hydrogen-bond donors (Lipinski definition) is 1. The van der Waals surface area contributed by atoms with E-state index in [0.29, 0.717) is 10.6 Å². The van der Waals surface area contributed by atoms with E-state index < -0.39 is 0 Å². The number of benzene rings is 2. The molecule has 110 valence electrons. The predicted octanol–water partition coefficient (Wildman–Crippen LogP) is 3.84. The molecule has 1 heterocycles. The zero-order valence-corrected chi connectivity index (χ0v) is 12.5. The first kappa shape index (κ1) is 14.4. The third kappa shape index (κ3) is 3.54. The summed E-state index contributed by atoms with van der Waals surface area (Å²) in [6.45, 7) is 0.755. The van der Waals surface area contributed by atoms with Gasteiger partial charge in [-0.1, -0.05) is 23.7 Å². The first-order valence-electron chi connectivity index (χ1n) is 6.82. The monoisotopic (exact) mass is 311 g/mol. The maximum Gasteiger partial charge on any atom is 0.255 e. The Labute approximate surface area is 133 Å². The van der Waals surface area contributed by atoms with Crippen molar-refractivity contribution in [3.8, 4) is 0 Å². The highest BCUT2D eigenvalue weighted by Gasteiger charge is 2.05. The van der Waals surface area contributed by atoms with Crippen LogP contribution in [0.25, 0.3) is 0 Å². The van der Waals surface area contributed by atoms with E-state index in [1.165, 1.54) is 0 Å². The molecule has 0 aliphatic rings. The summed E-state index contributed by atoms with van der Waals surface area (Å²) in [5.74, 6) is -0.154. The molecule has 0 bridgehead atoms. The Bertz CT molecular complexity index is 750. The number of carbonyl (C=O) groups is 1. The normalized spacial score (nSPS) is 10.4. The van der Waals surface area contributed by atoms with Crippen LogP contribution >= 0.6 is 11.6 Å². The summed E-state index contributed by atoms with van der Waals surface area (Å²) in [6, 6.07) is 14.5. The third-order valence-corrected chi connectivity index (χ3v) is 3.49. The second-order valence-electron chi connectivity index (χ2n) is 4.89. The van der Waals surface area contributed by atoms with Gasteiger partial charge in [-0.3, -0.25) is 4.79 Å². The molecule has 0 saturated carbocycles. The molecule has 1 aromatic heterocycles. The topological polar surface area (TPSA) is 46.9 Å². The maximum atomic E-state index is 12.1. The number of rotatable bonds is 4. The Kier molecular flexibility index (Phi) is 4.21. The van der Waals surface area contributed by atoms with Gasteiger partial charge in [0, 0.05) is 35.2 Å². The highest BCUT2D eigenvalue weighted by atomic mass is 35.5. The van der Waals surface area contributed by atoms with Gasteiger partial charge in [-0.2, -0.15) is 0 Å². The summed E-state index contributed by atoms with van der Waals surface area (Å²) in [7, 11) is 0. The lowest BCUT2D eigenvalue weighted by Crippen LogP contribution is -2.11. The molecule has 0 atom stereocenters. The van der Waals surface area contributed by atoms with E-state index in [1.54, 1.807) is 36.8 Å². The Balaban J connectivity index is 1.65. The van der Waals surface area contributed by atoms with Crippen molar-refractivity contribution in [2.45, 2.75) is 6.54 Å². The summed E-state index contributed by atoms with van der Waals surface area (Å²) >= 11 is 5.81. The van der Waals surface area contributed by atoms with Gasteiger partial charge in [0.1, 0.15) is 0 Å². The number of nitrogens with zero attached hydrogens (tertiary/aromatic N) is 2. The summed E-state index contributed by atoms with van der Waals surface area (Å²) in [5, 5.41) is 3.47. The second-order valence-corrected chi connectivity index (χ2v) is 5.33. The summed E-state index contributed by atoms with van der Waals surface area (Å²) < 4.78 is 1.99. The Morgan fingerprint density at radius 3 is 2.45 bits per heavy atom. The van der Waals surface area contributed by atoms with E-state index in [1.807, 2.05) is 35.0 Å². The largest absolute Gasteiger partial charge is 0.333 e. The van der Waals surface area contributed by atoms with Crippen molar-refractivity contribution in [2.24, 2.45) is 0 Å². The lowest BCUT2D eigenvalue weighted by atomic mass is 10.2. The van der Waals surface area contributed by atoms with Crippen molar-refractivity contribution in [1.82, 2.24) is 9.55 Å². The van der Waals surface area contributed by atoms with Gasteiger partial charge in [0.05, 0.1) is 6.33 Å². The number of halogens is 1. The Morgan fingerprint density at radius 1 is 1.09 bits per heavy atom. The van der Waals surface area contributed by atoms with E-state index in [2.05, 4.69) is 10.3 Å². The molecule has 3 aromatic rings. The molecule has 22 heavy (non-hydrogen) atoms. The smallest absolute Gasteiger partial charge is 0.255 e. The van der Waals surface area contributed by atoms with Gasteiger partial charge in [-0.05, 0) is 42.0 Å². The summed E-state index contributed by atoms with van der Waals surface area (Å²) in [6.07, 6.45) is 5.44. The molecule has 0 aliphatic carbocycles. The minimum Gasteiger partial charge on any atom is -0.333 e. The minimum absolute atomic E-state index is 0.154. The van der Waals surface area contributed by atoms with Crippen LogP contribution in [-0.4, -0.2) is 15.5 Å². The SMILES string of the molecule is O=C(Nc1ccc(Cn2ccnc2)cc1)c1ccc(Cl)cc1. The molecular formula is C17H14ClN3O. The molecule has 1 amide bonds. The average Bonchev–Trinajstić information content (AvgIpc) is 3.03. The third-order valence-electron chi connectivity index (χ3n) is 3.24. The lowest BCUT2D eigenvalue weighted by Gasteiger charge is -2.07. The number of hydrogen-bond acceptors (Lipinski definition) is 2. The molecule has 0 saturated heterocycles. The van der Waals surface area contributed by atoms with Gasteiger partial charge in [-0.15, -0.1) is 0 Å². The van der Waals surface area contributed by atoms with Gasteiger partial charge >= 0.3 is 0 Å². The molecule has 1 N–H and O–H groups in total. The van der Waals surface area contributed by atoms with Crippen molar-refractivity contribution in [2.75, 3.05) is 5.32 Å². The lowest BCUT2D eigenvalue weighted by molar-refractivity contribution is 0.102. The van der Waals surface area contributed by atoms with Crippen LogP contribution in [0.15, 0.2) is 67.3 Å². The zero-order valence-electron chi connectivity index (χ0n) is 11.7. The van der Waals surface area contributed by atoms with Crippen LogP contribution in [0.2, 0.25) is 5.02 Å². The van der Waals surface area contributed by atoms with Crippen LogP contribution in [-0.2, 0) is 6.54 Å². The fourth-order valence-corrected chi connectivity index (χ4v) is 2.22. The first-order chi connectivity index (χ1) is 10.7. The molecule has 0 fully saturated rings. The van der Waals surface area contributed by atoms with E-state index >= 15 is 0 Å². The van der Waals surface area contributed by atoms with Crippen LogP contribution in [0.1, 0.15) is 15.9 Å². The highest BCUT2D eigenvalue weighted by molar-refractivity contribution is 6.30. The van der Waals surface area contributed by atoms with Crippen molar-refractivity contribution in [3.05, 3.63) is 83.4 Å². The average molecular weight is 312 g/mol. The van der Waals surface area contributed by atoms with Crippen LogP contribution in [0.3, 0.4) is 0 Å². The van der Waals surface area contributed by atoms with Crippen LogP contribution in [0.5, 0.6) is 0 Å². The van der Waals surface area contributed by atoms with Crippen molar-refractivity contribution >= 4 is 23.2 Å². The zero-order chi connectivity index (χ0) is 15.4. The molecular weight excluding hydrogens is 298 g/mol. The molecule has 0 aliphatic heterocycles. The second kappa shape index (κ2) is 6.45. The van der Waals surface area contributed by atoms with E-state index in [4.69, 9.17) is 11.6 Å². The van der Waals surface area contributed by atoms with Gasteiger partial charge in [0.25, 0.3) is 5.91 Å². The molecule has 3 rings (SSSR count). The number of aromatic nitrogens is 2. The quantitative estimate of drug-likeness (QED) is 0.796. The molecule has 0 unspecified atom stereocenters. The predicted molar refractivity (Wildman–Crippen MR) is 87.2 cm³/mol. The van der Waals surface area contributed by atoms with Gasteiger partial charge in [-0.25, -0.2) is 4.98 Å². The molecule has 0 spiro atoms. The highest BCUT2D eigenvalue weighted by Crippen LogP contribution is 2.14. The summed E-state index contributed by atoms with van der Waals surface area (Å²) in [4.78, 5) is 16.1. The van der Waals surface area contributed by atoms with E-state index in [-0.39, 0.29) is 5.91 Å². The van der Waals surface area contributed by atoms with Crippen LogP contribution in [0.4, 0.5) is 5.69 Å². The molecule has 0 radical (unpaired) electrons. The number of nitrogens with one attached hydrogen (secondary N) is 1. The first-order valence-corrected chi connectivity index (χ1v) is 7.20. The van der Waals surface area contributed by atoms with Gasteiger partial charge < -0.3 is 9.88 Å². The fraction of sp³-hybridized carbons (Fsp3) is 0.0588. The number of anilines is 1. The van der Waals surface area contributed by atoms with E-state index in [9.17, 15) is 4.79 Å². The standard InChI is InChI=1S/C17H14ClN3O/c18-15-5-3-14(4-6-15)17(22)20-16-7-1-13(2-8-16)11-21-10-9-19-12-21/h1-10,12H,11H2,(H,20,22). The number of imidazole rings is 1. The Morgan fingerprint density at radius 2 is 1.82 bits per heavy atom. The van der Waals surface area contributed by atoms with E-state index in [0.717, 1.165) is 17.8 Å². The Hall–Kier alpha value is -2.59. The van der Waals surface area contributed by atoms with Crippen LogP contribution < -0.4 is 5.32 Å². The van der Waals surface area contributed by atoms with Crippen molar-refractivity contribution in [1.29, 1.82) is 0 Å². The molecule has 2 aromatic carbocycles. The van der Waals surface area contributed by atoms with Crippen molar-refractivity contribution < 1.29 is 4.79 Å². The minimum atomic E-state index is -0.154. The number of amides is 1. The maximum absolute atomic E-state index is 12.1.